The first-order chi connectivity index (χ1) is 9.13. The fourth-order valence-corrected chi connectivity index (χ4v) is 2.05. The number of hydrogen-bond acceptors (Lipinski definition) is 3. The Morgan fingerprint density at radius 1 is 0.947 bits per heavy atom. The van der Waals surface area contributed by atoms with Crippen LogP contribution in [0.5, 0.6) is 0 Å². The quantitative estimate of drug-likeness (QED) is 0.703. The van der Waals surface area contributed by atoms with Crippen molar-refractivity contribution >= 4 is 5.69 Å². The van der Waals surface area contributed by atoms with Gasteiger partial charge >= 0.3 is 0 Å². The normalized spacial score (nSPS) is 10.9. The second-order valence-electron chi connectivity index (χ2n) is 4.87. The van der Waals surface area contributed by atoms with Crippen LogP contribution in [0.15, 0.2) is 42.7 Å². The molecule has 96 valence electrons. The molecule has 2 aliphatic rings. The molecule has 3 rings (SSSR count). The predicted molar refractivity (Wildman–Crippen MR) is 77.4 cm³/mol. The highest BCUT2D eigenvalue weighted by Crippen LogP contribution is 2.25. The molecule has 0 atom stereocenters. The molecule has 4 heteroatoms. The van der Waals surface area contributed by atoms with Gasteiger partial charge in [0.05, 0.1) is 5.69 Å². The molecular weight excluding hydrogens is 236 g/mol. The molecule has 0 saturated heterocycles. The van der Waals surface area contributed by atoms with Crippen molar-refractivity contribution in [2.24, 2.45) is 7.05 Å². The molecule has 2 heterocycles. The molecule has 0 saturated carbocycles. The van der Waals surface area contributed by atoms with E-state index < -0.39 is 0 Å². The zero-order valence-corrected chi connectivity index (χ0v) is 11.3. The number of aromatic nitrogens is 3. The molecular formula is C15H16N4. The van der Waals surface area contributed by atoms with E-state index in [1.165, 1.54) is 5.69 Å². The molecule has 0 amide bonds. The van der Waals surface area contributed by atoms with Crippen LogP contribution < -0.4 is 4.90 Å². The van der Waals surface area contributed by atoms with Crippen LogP contribution in [-0.2, 0) is 7.05 Å². The molecule has 0 bridgehead atoms. The molecule has 0 spiro atoms. The van der Waals surface area contributed by atoms with Crippen molar-refractivity contribution in [1.82, 2.24) is 14.5 Å². The summed E-state index contributed by atoms with van der Waals surface area (Å²) in [4.78, 5) is 11.2. The van der Waals surface area contributed by atoms with Gasteiger partial charge in [-0.3, -0.25) is 0 Å². The number of rotatable bonds is 2. The largest absolute Gasteiger partial charge is 0.378 e. The van der Waals surface area contributed by atoms with E-state index in [2.05, 4.69) is 39.1 Å². The van der Waals surface area contributed by atoms with Crippen molar-refractivity contribution in [2.75, 3.05) is 19.0 Å². The average Bonchev–Trinajstić information content (AvgIpc) is 2.81. The van der Waals surface area contributed by atoms with Gasteiger partial charge in [0.2, 0.25) is 0 Å². The van der Waals surface area contributed by atoms with Gasteiger partial charge in [0.15, 0.2) is 5.82 Å². The summed E-state index contributed by atoms with van der Waals surface area (Å²) in [5, 5.41) is 0. The smallest absolute Gasteiger partial charge is 0.160 e. The first-order valence-electron chi connectivity index (χ1n) is 6.21. The standard InChI is InChI=1S/C15H16N4/c1-18(2)12-6-4-11(5-7-12)15-16-13-8-9-19(3)10-14(13)17-15/h4-10H,1-3H3. The van der Waals surface area contributed by atoms with E-state index in [4.69, 9.17) is 0 Å². The Hall–Kier alpha value is -2.36. The molecule has 1 aromatic carbocycles. The number of fused-ring (bicyclic) bond motifs is 1. The van der Waals surface area contributed by atoms with Crippen molar-refractivity contribution in [1.29, 1.82) is 0 Å². The Kier molecular flexibility index (Phi) is 2.71. The number of anilines is 1. The lowest BCUT2D eigenvalue weighted by Gasteiger charge is -2.11. The minimum Gasteiger partial charge on any atom is -0.378 e. The Bertz CT molecular complexity index is 667. The Labute approximate surface area is 112 Å². The van der Waals surface area contributed by atoms with Gasteiger partial charge in [-0.15, -0.1) is 0 Å². The molecule has 4 nitrogen and oxygen atoms in total. The van der Waals surface area contributed by atoms with Gasteiger partial charge in [-0.1, -0.05) is 0 Å². The van der Waals surface area contributed by atoms with Crippen LogP contribution in [0.25, 0.3) is 22.8 Å². The van der Waals surface area contributed by atoms with E-state index >= 15 is 0 Å². The van der Waals surface area contributed by atoms with E-state index in [0.717, 1.165) is 22.8 Å². The summed E-state index contributed by atoms with van der Waals surface area (Å²) in [6.45, 7) is 0. The fourth-order valence-electron chi connectivity index (χ4n) is 2.05. The van der Waals surface area contributed by atoms with Gasteiger partial charge in [0.1, 0.15) is 5.69 Å². The van der Waals surface area contributed by atoms with E-state index in [1.807, 2.05) is 44.2 Å². The van der Waals surface area contributed by atoms with Gasteiger partial charge in [-0.05, 0) is 30.3 Å². The van der Waals surface area contributed by atoms with Crippen LogP contribution in [0.4, 0.5) is 5.69 Å². The van der Waals surface area contributed by atoms with Gasteiger partial charge < -0.3 is 9.47 Å². The molecule has 0 radical (unpaired) electrons. The number of pyridine rings is 1. The first-order valence-corrected chi connectivity index (χ1v) is 6.21. The maximum Gasteiger partial charge on any atom is 0.160 e. The van der Waals surface area contributed by atoms with Crippen LogP contribution in [0.2, 0.25) is 0 Å². The molecule has 0 unspecified atom stereocenters. The van der Waals surface area contributed by atoms with Crippen molar-refractivity contribution in [2.45, 2.75) is 0 Å². The minimum atomic E-state index is 0.784. The fraction of sp³-hybridized carbons (Fsp3) is 0.200. The van der Waals surface area contributed by atoms with E-state index in [1.54, 1.807) is 0 Å². The van der Waals surface area contributed by atoms with Gasteiger partial charge in [0, 0.05) is 44.8 Å². The Morgan fingerprint density at radius 2 is 1.63 bits per heavy atom. The van der Waals surface area contributed by atoms with E-state index in [9.17, 15) is 0 Å². The topological polar surface area (TPSA) is 34.0 Å². The van der Waals surface area contributed by atoms with Crippen molar-refractivity contribution in [3.63, 3.8) is 0 Å². The van der Waals surface area contributed by atoms with Crippen LogP contribution >= 0.6 is 0 Å². The molecule has 2 aliphatic heterocycles. The lowest BCUT2D eigenvalue weighted by Crippen LogP contribution is -2.07. The highest BCUT2D eigenvalue weighted by molar-refractivity contribution is 5.67. The zero-order valence-electron chi connectivity index (χ0n) is 11.3. The monoisotopic (exact) mass is 252 g/mol. The Morgan fingerprint density at radius 3 is 2.32 bits per heavy atom. The lowest BCUT2D eigenvalue weighted by molar-refractivity contribution is 0.901. The third kappa shape index (κ3) is 2.17. The maximum absolute atomic E-state index is 4.57. The third-order valence-electron chi connectivity index (χ3n) is 3.15. The summed E-state index contributed by atoms with van der Waals surface area (Å²) in [5.74, 6) is 0.784. The van der Waals surface area contributed by atoms with Gasteiger partial charge in [-0.2, -0.15) is 0 Å². The SMILES string of the molecule is CN(C)c1ccc(-c2nc3ccn(C)cc-3n2)cc1. The summed E-state index contributed by atoms with van der Waals surface area (Å²) in [6.07, 6.45) is 3.97. The molecule has 0 aliphatic carbocycles. The van der Waals surface area contributed by atoms with Gasteiger partial charge in [0.25, 0.3) is 0 Å². The zero-order chi connectivity index (χ0) is 13.4. The van der Waals surface area contributed by atoms with Crippen LogP contribution in [-0.4, -0.2) is 28.6 Å². The second-order valence-corrected chi connectivity index (χ2v) is 4.87. The molecule has 19 heavy (non-hydrogen) atoms. The molecule has 0 aromatic heterocycles. The summed E-state index contributed by atoms with van der Waals surface area (Å²) in [6, 6.07) is 10.3. The number of aryl methyl sites for hydroxylation is 1. The second kappa shape index (κ2) is 4.39. The predicted octanol–water partition coefficient (Wildman–Crippen LogP) is 2.65. The summed E-state index contributed by atoms with van der Waals surface area (Å²) < 4.78 is 1.98. The van der Waals surface area contributed by atoms with E-state index in [0.29, 0.717) is 0 Å². The molecule has 0 N–H and O–H groups in total. The highest BCUT2D eigenvalue weighted by atomic mass is 15.1. The van der Waals surface area contributed by atoms with Crippen molar-refractivity contribution in [3.8, 4) is 22.8 Å². The van der Waals surface area contributed by atoms with Crippen LogP contribution in [0.3, 0.4) is 0 Å². The third-order valence-corrected chi connectivity index (χ3v) is 3.15. The number of hydrogen-bond donors (Lipinski definition) is 0. The summed E-state index contributed by atoms with van der Waals surface area (Å²) >= 11 is 0. The number of nitrogens with zero attached hydrogens (tertiary/aromatic N) is 4. The highest BCUT2D eigenvalue weighted by Gasteiger charge is 2.11. The first kappa shape index (κ1) is 11.7. The van der Waals surface area contributed by atoms with Gasteiger partial charge in [-0.25, -0.2) is 9.97 Å². The number of imidazole rings is 1. The summed E-state index contributed by atoms with van der Waals surface area (Å²) in [7, 11) is 6.05. The minimum absolute atomic E-state index is 0.784. The molecule has 1 aromatic rings. The van der Waals surface area contributed by atoms with Crippen molar-refractivity contribution < 1.29 is 0 Å². The number of benzene rings is 1. The average molecular weight is 252 g/mol. The lowest BCUT2D eigenvalue weighted by atomic mass is 10.2. The maximum atomic E-state index is 4.57. The van der Waals surface area contributed by atoms with Crippen LogP contribution in [0.1, 0.15) is 0 Å². The van der Waals surface area contributed by atoms with Crippen molar-refractivity contribution in [3.05, 3.63) is 42.7 Å². The van der Waals surface area contributed by atoms with Crippen LogP contribution in [0, 0.1) is 0 Å². The summed E-state index contributed by atoms with van der Waals surface area (Å²) in [5.41, 5.74) is 4.08. The van der Waals surface area contributed by atoms with E-state index in [-0.39, 0.29) is 0 Å². The molecule has 0 fully saturated rings. The Balaban J connectivity index is 2.02.